The first kappa shape index (κ1) is 13.0. The number of likely N-dealkylation sites (N-methyl/N-ethyl adjacent to an activating group) is 1. The molecule has 1 saturated heterocycles. The van der Waals surface area contributed by atoms with Crippen LogP contribution < -0.4 is 5.32 Å². The van der Waals surface area contributed by atoms with Gasteiger partial charge in [-0.3, -0.25) is 9.59 Å². The Labute approximate surface area is 109 Å². The molecule has 1 aliphatic rings. The van der Waals surface area contributed by atoms with Gasteiger partial charge in [-0.25, -0.2) is 9.78 Å². The number of likely N-dealkylation sites (tertiary alicyclic amines) is 1. The van der Waals surface area contributed by atoms with Crippen LogP contribution >= 0.6 is 0 Å². The molecule has 1 fully saturated rings. The summed E-state index contributed by atoms with van der Waals surface area (Å²) in [5.41, 5.74) is 0.0978. The van der Waals surface area contributed by atoms with Crippen molar-refractivity contribution in [2.75, 3.05) is 13.6 Å². The highest BCUT2D eigenvalue weighted by molar-refractivity contribution is 5.98. The number of aromatic nitrogens is 1. The lowest BCUT2D eigenvalue weighted by Gasteiger charge is -2.12. The highest BCUT2D eigenvalue weighted by Crippen LogP contribution is 2.09. The van der Waals surface area contributed by atoms with Gasteiger partial charge in [-0.2, -0.15) is 0 Å². The predicted octanol–water partition coefficient (Wildman–Crippen LogP) is -0.260. The van der Waals surface area contributed by atoms with E-state index < -0.39 is 17.9 Å². The van der Waals surface area contributed by atoms with Crippen molar-refractivity contribution in [3.8, 4) is 0 Å². The summed E-state index contributed by atoms with van der Waals surface area (Å²) in [6.45, 7) is 0.611. The maximum atomic E-state index is 11.9. The predicted molar refractivity (Wildman–Crippen MR) is 64.7 cm³/mol. The number of pyridine rings is 1. The van der Waals surface area contributed by atoms with Crippen molar-refractivity contribution in [3.63, 3.8) is 0 Å². The van der Waals surface area contributed by atoms with E-state index in [9.17, 15) is 14.4 Å². The Balaban J connectivity index is 2.04. The van der Waals surface area contributed by atoms with Gasteiger partial charge in [-0.05, 0) is 18.6 Å². The molecular formula is C12H13N3O4. The van der Waals surface area contributed by atoms with Gasteiger partial charge < -0.3 is 15.3 Å². The number of rotatable bonds is 3. The summed E-state index contributed by atoms with van der Waals surface area (Å²) in [6, 6.07) is 2.10. The van der Waals surface area contributed by atoms with E-state index in [1.807, 2.05) is 0 Å². The molecule has 1 aromatic rings. The average molecular weight is 263 g/mol. The van der Waals surface area contributed by atoms with Gasteiger partial charge in [-0.15, -0.1) is 0 Å². The van der Waals surface area contributed by atoms with E-state index in [0.29, 0.717) is 13.0 Å². The van der Waals surface area contributed by atoms with Crippen molar-refractivity contribution in [2.45, 2.75) is 12.5 Å². The molecule has 2 amide bonds. The number of amides is 2. The fourth-order valence-corrected chi connectivity index (χ4v) is 1.85. The Hall–Kier alpha value is -2.44. The normalized spacial score (nSPS) is 18.5. The Morgan fingerprint density at radius 1 is 1.47 bits per heavy atom. The van der Waals surface area contributed by atoms with Crippen LogP contribution in [0.3, 0.4) is 0 Å². The third-order valence-electron chi connectivity index (χ3n) is 2.98. The zero-order chi connectivity index (χ0) is 14.0. The van der Waals surface area contributed by atoms with Crippen LogP contribution in [0.2, 0.25) is 0 Å². The van der Waals surface area contributed by atoms with Crippen LogP contribution in [0.1, 0.15) is 27.3 Å². The van der Waals surface area contributed by atoms with Gasteiger partial charge in [0.05, 0.1) is 5.56 Å². The molecule has 19 heavy (non-hydrogen) atoms. The molecule has 1 unspecified atom stereocenters. The second-order valence-corrected chi connectivity index (χ2v) is 4.31. The number of aromatic carboxylic acids is 1. The summed E-state index contributed by atoms with van der Waals surface area (Å²) >= 11 is 0. The summed E-state index contributed by atoms with van der Waals surface area (Å²) in [4.78, 5) is 39.3. The minimum Gasteiger partial charge on any atom is -0.477 e. The molecule has 0 bridgehead atoms. The van der Waals surface area contributed by atoms with Gasteiger partial charge in [0.15, 0.2) is 0 Å². The van der Waals surface area contributed by atoms with Crippen LogP contribution in [0.25, 0.3) is 0 Å². The lowest BCUT2D eigenvalue weighted by atomic mass is 10.2. The number of nitrogens with one attached hydrogen (secondary N) is 1. The zero-order valence-corrected chi connectivity index (χ0v) is 10.3. The number of carbonyl (C=O) groups excluding carboxylic acids is 2. The zero-order valence-electron chi connectivity index (χ0n) is 10.3. The monoisotopic (exact) mass is 263 g/mol. The molecule has 1 atom stereocenters. The van der Waals surface area contributed by atoms with Gasteiger partial charge in [0.2, 0.25) is 5.91 Å². The first-order valence-electron chi connectivity index (χ1n) is 5.74. The molecule has 7 nitrogen and oxygen atoms in total. The number of hydrogen-bond acceptors (Lipinski definition) is 4. The quantitative estimate of drug-likeness (QED) is 0.782. The Morgan fingerprint density at radius 3 is 2.68 bits per heavy atom. The number of nitrogens with zero attached hydrogens (tertiary/aromatic N) is 2. The standard InChI is InChI=1S/C12H13N3O4/c1-15-5-4-8(11(15)17)14-10(16)7-2-3-9(12(18)19)13-6-7/h2-3,6,8H,4-5H2,1H3,(H,14,16)(H,18,19). The van der Waals surface area contributed by atoms with Crippen molar-refractivity contribution < 1.29 is 19.5 Å². The third-order valence-corrected chi connectivity index (χ3v) is 2.98. The van der Waals surface area contributed by atoms with Crippen molar-refractivity contribution in [2.24, 2.45) is 0 Å². The van der Waals surface area contributed by atoms with Crippen LogP contribution in [0.4, 0.5) is 0 Å². The number of carboxylic acid groups (broad SMARTS) is 1. The van der Waals surface area contributed by atoms with Gasteiger partial charge in [0.1, 0.15) is 11.7 Å². The Kier molecular flexibility index (Phi) is 3.46. The maximum absolute atomic E-state index is 11.9. The maximum Gasteiger partial charge on any atom is 0.354 e. The molecule has 2 rings (SSSR count). The van der Waals surface area contributed by atoms with Crippen LogP contribution in [-0.2, 0) is 4.79 Å². The van der Waals surface area contributed by atoms with Gasteiger partial charge >= 0.3 is 5.97 Å². The second kappa shape index (κ2) is 5.05. The topological polar surface area (TPSA) is 99.6 Å². The largest absolute Gasteiger partial charge is 0.477 e. The third kappa shape index (κ3) is 2.70. The van der Waals surface area contributed by atoms with Crippen molar-refractivity contribution >= 4 is 17.8 Å². The van der Waals surface area contributed by atoms with E-state index in [1.54, 1.807) is 11.9 Å². The summed E-state index contributed by atoms with van der Waals surface area (Å²) in [6.07, 6.45) is 1.75. The van der Waals surface area contributed by atoms with E-state index in [0.717, 1.165) is 0 Å². The molecule has 0 saturated carbocycles. The summed E-state index contributed by atoms with van der Waals surface area (Å²) in [5, 5.41) is 11.3. The van der Waals surface area contributed by atoms with E-state index >= 15 is 0 Å². The van der Waals surface area contributed by atoms with Crippen LogP contribution in [0.5, 0.6) is 0 Å². The lowest BCUT2D eigenvalue weighted by Crippen LogP contribution is -2.40. The smallest absolute Gasteiger partial charge is 0.354 e. The van der Waals surface area contributed by atoms with E-state index in [2.05, 4.69) is 10.3 Å². The lowest BCUT2D eigenvalue weighted by molar-refractivity contribution is -0.128. The van der Waals surface area contributed by atoms with Crippen molar-refractivity contribution in [1.82, 2.24) is 15.2 Å². The van der Waals surface area contributed by atoms with Gasteiger partial charge in [0, 0.05) is 19.8 Å². The van der Waals surface area contributed by atoms with E-state index in [4.69, 9.17) is 5.11 Å². The van der Waals surface area contributed by atoms with E-state index in [-0.39, 0.29) is 17.2 Å². The fourth-order valence-electron chi connectivity index (χ4n) is 1.85. The number of carboxylic acids is 1. The average Bonchev–Trinajstić information content (AvgIpc) is 2.71. The number of carbonyl (C=O) groups is 3. The van der Waals surface area contributed by atoms with Crippen LogP contribution in [0.15, 0.2) is 18.3 Å². The van der Waals surface area contributed by atoms with Crippen LogP contribution in [-0.4, -0.2) is 52.4 Å². The fraction of sp³-hybridized carbons (Fsp3) is 0.333. The molecule has 7 heteroatoms. The highest BCUT2D eigenvalue weighted by atomic mass is 16.4. The first-order valence-corrected chi connectivity index (χ1v) is 5.74. The Bertz CT molecular complexity index is 526. The molecule has 1 aromatic heterocycles. The SMILES string of the molecule is CN1CCC(NC(=O)c2ccc(C(=O)O)nc2)C1=O. The molecule has 0 spiro atoms. The van der Waals surface area contributed by atoms with Crippen molar-refractivity contribution in [1.29, 1.82) is 0 Å². The molecule has 1 aliphatic heterocycles. The molecule has 0 radical (unpaired) electrons. The molecule has 0 aromatic carbocycles. The minimum atomic E-state index is -1.15. The first-order chi connectivity index (χ1) is 8.99. The van der Waals surface area contributed by atoms with Crippen LogP contribution in [0, 0.1) is 0 Å². The molecular weight excluding hydrogens is 250 g/mol. The van der Waals surface area contributed by atoms with Gasteiger partial charge in [0.25, 0.3) is 5.91 Å². The highest BCUT2D eigenvalue weighted by Gasteiger charge is 2.30. The number of hydrogen-bond donors (Lipinski definition) is 2. The Morgan fingerprint density at radius 2 is 2.21 bits per heavy atom. The van der Waals surface area contributed by atoms with Crippen molar-refractivity contribution in [3.05, 3.63) is 29.6 Å². The van der Waals surface area contributed by atoms with E-state index in [1.165, 1.54) is 18.3 Å². The second-order valence-electron chi connectivity index (χ2n) is 4.31. The molecule has 2 N–H and O–H groups in total. The molecule has 2 heterocycles. The summed E-state index contributed by atoms with van der Waals surface area (Å²) < 4.78 is 0. The summed E-state index contributed by atoms with van der Waals surface area (Å²) in [5.74, 6) is -1.71. The molecule has 0 aliphatic carbocycles. The van der Waals surface area contributed by atoms with Gasteiger partial charge in [-0.1, -0.05) is 0 Å². The summed E-state index contributed by atoms with van der Waals surface area (Å²) in [7, 11) is 1.68. The molecule has 100 valence electrons. The minimum absolute atomic E-state index is 0.122.